The van der Waals surface area contributed by atoms with Crippen molar-refractivity contribution in [2.75, 3.05) is 13.1 Å². The Kier molecular flexibility index (Phi) is 4.40. The van der Waals surface area contributed by atoms with Crippen LogP contribution in [0.1, 0.15) is 53.4 Å². The van der Waals surface area contributed by atoms with Gasteiger partial charge in [-0.15, -0.1) is 0 Å². The fraction of sp³-hybridized carbons (Fsp3) is 0.875. The molecule has 1 aliphatic heterocycles. The van der Waals surface area contributed by atoms with Crippen molar-refractivity contribution in [1.29, 1.82) is 0 Å². The quantitative estimate of drug-likeness (QED) is 0.858. The predicted molar refractivity (Wildman–Crippen MR) is 79.1 cm³/mol. The number of carbonyl (C=O) groups is 2. The minimum absolute atomic E-state index is 0.0118. The minimum Gasteiger partial charge on any atom is -0.340 e. The zero-order valence-corrected chi connectivity index (χ0v) is 13.2. The predicted octanol–water partition coefficient (Wildman–Crippen LogP) is 2.19. The van der Waals surface area contributed by atoms with Gasteiger partial charge >= 0.3 is 0 Å². The molecule has 1 N–H and O–H groups in total. The van der Waals surface area contributed by atoms with Crippen molar-refractivity contribution in [3.8, 4) is 0 Å². The van der Waals surface area contributed by atoms with E-state index in [1.54, 1.807) is 0 Å². The molecule has 2 rings (SSSR count). The zero-order chi connectivity index (χ0) is 14.9. The van der Waals surface area contributed by atoms with Gasteiger partial charge in [0.2, 0.25) is 11.8 Å². The van der Waals surface area contributed by atoms with Gasteiger partial charge in [-0.05, 0) is 30.6 Å². The van der Waals surface area contributed by atoms with Gasteiger partial charge in [-0.25, -0.2) is 0 Å². The maximum atomic E-state index is 12.8. The number of carbonyl (C=O) groups excluding carboxylic acids is 2. The van der Waals surface area contributed by atoms with E-state index in [2.05, 4.69) is 33.0 Å². The molecule has 1 aliphatic carbocycles. The Morgan fingerprint density at radius 3 is 2.15 bits per heavy atom. The summed E-state index contributed by atoms with van der Waals surface area (Å²) < 4.78 is 0. The van der Waals surface area contributed by atoms with Crippen LogP contribution < -0.4 is 5.32 Å². The molecule has 0 bridgehead atoms. The van der Waals surface area contributed by atoms with Crippen LogP contribution in [-0.4, -0.2) is 35.3 Å². The van der Waals surface area contributed by atoms with Gasteiger partial charge in [0, 0.05) is 6.54 Å². The maximum Gasteiger partial charge on any atom is 0.248 e. The highest BCUT2D eigenvalue weighted by atomic mass is 16.2. The van der Waals surface area contributed by atoms with Crippen molar-refractivity contribution in [2.45, 2.75) is 58.9 Å². The van der Waals surface area contributed by atoms with E-state index in [9.17, 15) is 9.59 Å². The Labute approximate surface area is 122 Å². The summed E-state index contributed by atoms with van der Waals surface area (Å²) in [6.45, 7) is 9.74. The summed E-state index contributed by atoms with van der Waals surface area (Å²) in [5, 5.41) is 2.97. The van der Waals surface area contributed by atoms with Crippen LogP contribution in [0.5, 0.6) is 0 Å². The molecule has 0 aromatic carbocycles. The summed E-state index contributed by atoms with van der Waals surface area (Å²) in [4.78, 5) is 26.6. The number of rotatable bonds is 4. The second-order valence-corrected chi connectivity index (χ2v) is 7.17. The number of hydrogen-bond donors (Lipinski definition) is 1. The fourth-order valence-corrected chi connectivity index (χ4v) is 3.82. The van der Waals surface area contributed by atoms with Crippen LogP contribution >= 0.6 is 0 Å². The lowest BCUT2D eigenvalue weighted by atomic mass is 9.84. The molecule has 1 saturated carbocycles. The first-order valence-corrected chi connectivity index (χ1v) is 7.96. The molecule has 2 aliphatic rings. The molecule has 0 unspecified atom stereocenters. The molecule has 2 amide bonds. The van der Waals surface area contributed by atoms with Crippen molar-refractivity contribution in [3.63, 3.8) is 0 Å². The van der Waals surface area contributed by atoms with Crippen LogP contribution in [0.3, 0.4) is 0 Å². The average Bonchev–Trinajstić information content (AvgIpc) is 2.80. The van der Waals surface area contributed by atoms with Gasteiger partial charge in [0.15, 0.2) is 0 Å². The standard InChI is InChI=1S/C16H28N2O2/c1-11(2)13(12(3)4)9-18-10-14(19)17-16(15(18)20)7-5-6-8-16/h11-13H,5-10H2,1-4H3,(H,17,19). The Morgan fingerprint density at radius 1 is 1.10 bits per heavy atom. The highest BCUT2D eigenvalue weighted by Gasteiger charge is 2.48. The first-order chi connectivity index (χ1) is 9.35. The molecule has 1 heterocycles. The van der Waals surface area contributed by atoms with Gasteiger partial charge in [0.05, 0.1) is 6.54 Å². The van der Waals surface area contributed by atoms with Crippen LogP contribution in [0.25, 0.3) is 0 Å². The molecule has 0 radical (unpaired) electrons. The van der Waals surface area contributed by atoms with Crippen molar-refractivity contribution in [1.82, 2.24) is 10.2 Å². The average molecular weight is 280 g/mol. The molecule has 2 fully saturated rings. The molecule has 1 saturated heterocycles. The number of amides is 2. The van der Waals surface area contributed by atoms with Crippen molar-refractivity contribution in [3.05, 3.63) is 0 Å². The van der Waals surface area contributed by atoms with Crippen LogP contribution in [-0.2, 0) is 9.59 Å². The fourth-order valence-electron chi connectivity index (χ4n) is 3.82. The summed E-state index contributed by atoms with van der Waals surface area (Å²) >= 11 is 0. The van der Waals surface area contributed by atoms with E-state index in [0.717, 1.165) is 25.7 Å². The Morgan fingerprint density at radius 2 is 1.65 bits per heavy atom. The lowest BCUT2D eigenvalue weighted by Gasteiger charge is -2.42. The molecule has 0 aromatic heterocycles. The summed E-state index contributed by atoms with van der Waals surface area (Å²) in [6.07, 6.45) is 3.69. The molecule has 1 spiro atoms. The monoisotopic (exact) mass is 280 g/mol. The van der Waals surface area contributed by atoms with Gasteiger partial charge < -0.3 is 10.2 Å². The topological polar surface area (TPSA) is 49.4 Å². The van der Waals surface area contributed by atoms with Crippen molar-refractivity contribution < 1.29 is 9.59 Å². The normalized spacial score (nSPS) is 22.4. The highest BCUT2D eigenvalue weighted by molar-refractivity contribution is 5.98. The van der Waals surface area contributed by atoms with E-state index < -0.39 is 5.54 Å². The smallest absolute Gasteiger partial charge is 0.248 e. The van der Waals surface area contributed by atoms with Crippen LogP contribution in [0.4, 0.5) is 0 Å². The van der Waals surface area contributed by atoms with Gasteiger partial charge in [0.25, 0.3) is 0 Å². The third-order valence-electron chi connectivity index (χ3n) is 5.01. The SMILES string of the molecule is CC(C)C(CN1CC(=O)NC2(CCCC2)C1=O)C(C)C. The minimum atomic E-state index is -0.576. The number of nitrogens with zero attached hydrogens (tertiary/aromatic N) is 1. The second-order valence-electron chi connectivity index (χ2n) is 7.17. The Balaban J connectivity index is 2.14. The lowest BCUT2D eigenvalue weighted by molar-refractivity contribution is -0.150. The van der Waals surface area contributed by atoms with E-state index in [0.29, 0.717) is 24.3 Å². The summed E-state index contributed by atoms with van der Waals surface area (Å²) in [7, 11) is 0. The molecule has 0 aromatic rings. The molecular formula is C16H28N2O2. The van der Waals surface area contributed by atoms with Gasteiger partial charge in [-0.2, -0.15) is 0 Å². The third-order valence-corrected chi connectivity index (χ3v) is 5.01. The Hall–Kier alpha value is -1.06. The summed E-state index contributed by atoms with van der Waals surface area (Å²) in [6, 6.07) is 0. The summed E-state index contributed by atoms with van der Waals surface area (Å²) in [5.41, 5.74) is -0.576. The molecular weight excluding hydrogens is 252 g/mol. The van der Waals surface area contributed by atoms with E-state index in [4.69, 9.17) is 0 Å². The van der Waals surface area contributed by atoms with Crippen molar-refractivity contribution in [2.24, 2.45) is 17.8 Å². The number of nitrogens with one attached hydrogen (secondary N) is 1. The third kappa shape index (κ3) is 2.84. The Bertz CT molecular complexity index is 376. The van der Waals surface area contributed by atoms with Crippen LogP contribution in [0.15, 0.2) is 0 Å². The van der Waals surface area contributed by atoms with Gasteiger partial charge in [-0.3, -0.25) is 9.59 Å². The summed E-state index contributed by atoms with van der Waals surface area (Å²) in [5.74, 6) is 1.65. The van der Waals surface area contributed by atoms with Gasteiger partial charge in [0.1, 0.15) is 5.54 Å². The first-order valence-electron chi connectivity index (χ1n) is 7.96. The van der Waals surface area contributed by atoms with Gasteiger partial charge in [-0.1, -0.05) is 40.5 Å². The van der Waals surface area contributed by atoms with Crippen LogP contribution in [0, 0.1) is 17.8 Å². The van der Waals surface area contributed by atoms with E-state index in [1.807, 2.05) is 4.90 Å². The van der Waals surface area contributed by atoms with E-state index >= 15 is 0 Å². The van der Waals surface area contributed by atoms with E-state index in [1.165, 1.54) is 0 Å². The number of hydrogen-bond acceptors (Lipinski definition) is 2. The molecule has 20 heavy (non-hydrogen) atoms. The highest BCUT2D eigenvalue weighted by Crippen LogP contribution is 2.34. The maximum absolute atomic E-state index is 12.8. The lowest BCUT2D eigenvalue weighted by Crippen LogP contribution is -2.66. The molecule has 4 nitrogen and oxygen atoms in total. The first kappa shape index (κ1) is 15.3. The largest absolute Gasteiger partial charge is 0.340 e. The van der Waals surface area contributed by atoms with Crippen LogP contribution in [0.2, 0.25) is 0 Å². The zero-order valence-electron chi connectivity index (χ0n) is 13.2. The number of piperazine rings is 1. The molecule has 0 atom stereocenters. The van der Waals surface area contributed by atoms with Crippen molar-refractivity contribution >= 4 is 11.8 Å². The molecule has 114 valence electrons. The second kappa shape index (κ2) is 5.74. The molecule has 4 heteroatoms. The van der Waals surface area contributed by atoms with E-state index in [-0.39, 0.29) is 18.4 Å².